The summed E-state index contributed by atoms with van der Waals surface area (Å²) >= 11 is 7.61. The first-order chi connectivity index (χ1) is 14.6. The fourth-order valence-electron chi connectivity index (χ4n) is 3.55. The van der Waals surface area contributed by atoms with Gasteiger partial charge in [0.25, 0.3) is 11.8 Å². The van der Waals surface area contributed by atoms with Crippen LogP contribution < -0.4 is 5.43 Å². The molecule has 4 heterocycles. The monoisotopic (exact) mass is 434 g/mol. The van der Waals surface area contributed by atoms with Gasteiger partial charge in [-0.05, 0) is 37.3 Å². The minimum Gasteiger partial charge on any atom is -0.463 e. The molecular weight excluding hydrogens is 424 g/mol. The van der Waals surface area contributed by atoms with Gasteiger partial charge in [0.05, 0.1) is 21.3 Å². The molecule has 0 aliphatic carbocycles. The Morgan fingerprint density at radius 2 is 1.93 bits per heavy atom. The topological polar surface area (TPSA) is 86.4 Å². The first kappa shape index (κ1) is 17.4. The number of hydrogen-bond acceptors (Lipinski definition) is 7. The first-order valence-corrected chi connectivity index (χ1v) is 10.2. The summed E-state index contributed by atoms with van der Waals surface area (Å²) in [6, 6.07) is 12.9. The molecule has 0 aliphatic heterocycles. The van der Waals surface area contributed by atoms with Crippen LogP contribution in [-0.2, 0) is 0 Å². The highest BCUT2D eigenvalue weighted by molar-refractivity contribution is 7.23. The van der Waals surface area contributed by atoms with Crippen molar-refractivity contribution in [2.24, 2.45) is 0 Å². The highest BCUT2D eigenvalue weighted by Crippen LogP contribution is 2.34. The lowest BCUT2D eigenvalue weighted by Crippen LogP contribution is -2.04. The summed E-state index contributed by atoms with van der Waals surface area (Å²) in [6.07, 6.45) is 1.33. The molecule has 6 aromatic rings. The van der Waals surface area contributed by atoms with Gasteiger partial charge in [0.15, 0.2) is 4.96 Å². The van der Waals surface area contributed by atoms with E-state index in [9.17, 15) is 4.79 Å². The minimum atomic E-state index is -0.287. The number of benzene rings is 2. The molecule has 0 radical (unpaired) electrons. The standard InChI is InChI=1S/C21H11ClN4O3S/c1-10-17(26-14-4-2-3-5-16(14)30-21(26)23-10)20-25-24-19(29-20)13-9-28-15-7-6-11(22)8-12(15)18(13)27/h2-9H,1H3. The van der Waals surface area contributed by atoms with Crippen molar-refractivity contribution in [1.29, 1.82) is 0 Å². The van der Waals surface area contributed by atoms with Crippen LogP contribution in [0.4, 0.5) is 0 Å². The van der Waals surface area contributed by atoms with E-state index in [2.05, 4.69) is 15.2 Å². The molecule has 6 rings (SSSR count). The molecule has 0 spiro atoms. The van der Waals surface area contributed by atoms with Crippen molar-refractivity contribution in [1.82, 2.24) is 19.6 Å². The zero-order valence-corrected chi connectivity index (χ0v) is 17.0. The van der Waals surface area contributed by atoms with Crippen LogP contribution in [0.5, 0.6) is 0 Å². The Balaban J connectivity index is 1.55. The average molecular weight is 435 g/mol. The van der Waals surface area contributed by atoms with E-state index in [0.717, 1.165) is 20.9 Å². The van der Waals surface area contributed by atoms with Crippen LogP contribution >= 0.6 is 22.9 Å². The number of aromatic nitrogens is 4. The maximum absolute atomic E-state index is 12.9. The van der Waals surface area contributed by atoms with Gasteiger partial charge in [0, 0.05) is 5.02 Å². The van der Waals surface area contributed by atoms with E-state index in [1.54, 1.807) is 29.5 Å². The largest absolute Gasteiger partial charge is 0.463 e. The normalized spacial score (nSPS) is 11.8. The summed E-state index contributed by atoms with van der Waals surface area (Å²) in [5.41, 5.74) is 2.80. The second-order valence-electron chi connectivity index (χ2n) is 6.76. The van der Waals surface area contributed by atoms with Gasteiger partial charge in [-0.2, -0.15) is 0 Å². The highest BCUT2D eigenvalue weighted by Gasteiger charge is 2.22. The SMILES string of the molecule is Cc1nc2sc3ccccc3n2c1-c1nnc(-c2coc3ccc(Cl)cc3c2=O)o1. The van der Waals surface area contributed by atoms with Gasteiger partial charge < -0.3 is 8.83 Å². The van der Waals surface area contributed by atoms with E-state index in [0.29, 0.717) is 21.7 Å². The third kappa shape index (κ3) is 2.44. The molecular formula is C21H11ClN4O3S. The second-order valence-corrected chi connectivity index (χ2v) is 8.21. The molecule has 0 atom stereocenters. The third-order valence-corrected chi connectivity index (χ3v) is 6.18. The van der Waals surface area contributed by atoms with Crippen molar-refractivity contribution >= 4 is 49.1 Å². The van der Waals surface area contributed by atoms with Crippen LogP contribution in [0.15, 0.2) is 62.4 Å². The average Bonchev–Trinajstić information content (AvgIpc) is 3.42. The van der Waals surface area contributed by atoms with Crippen LogP contribution in [0, 0.1) is 6.92 Å². The molecule has 7 nitrogen and oxygen atoms in total. The molecule has 0 saturated carbocycles. The molecule has 0 unspecified atom stereocenters. The lowest BCUT2D eigenvalue weighted by atomic mass is 10.2. The lowest BCUT2D eigenvalue weighted by molar-refractivity contribution is 0.568. The predicted molar refractivity (Wildman–Crippen MR) is 115 cm³/mol. The molecule has 146 valence electrons. The summed E-state index contributed by atoms with van der Waals surface area (Å²) in [7, 11) is 0. The van der Waals surface area contributed by atoms with Gasteiger partial charge in [-0.1, -0.05) is 35.1 Å². The summed E-state index contributed by atoms with van der Waals surface area (Å²) in [5.74, 6) is 0.360. The Morgan fingerprint density at radius 3 is 2.83 bits per heavy atom. The molecule has 2 aromatic carbocycles. The van der Waals surface area contributed by atoms with E-state index in [1.807, 2.05) is 35.6 Å². The summed E-state index contributed by atoms with van der Waals surface area (Å²) < 4.78 is 14.6. The number of halogens is 1. The van der Waals surface area contributed by atoms with Crippen LogP contribution in [0.25, 0.3) is 49.2 Å². The zero-order valence-electron chi connectivity index (χ0n) is 15.4. The quantitative estimate of drug-likeness (QED) is 0.366. The molecule has 0 saturated heterocycles. The number of hydrogen-bond donors (Lipinski definition) is 0. The molecule has 0 amide bonds. The van der Waals surface area contributed by atoms with E-state index in [-0.39, 0.29) is 22.8 Å². The third-order valence-electron chi connectivity index (χ3n) is 4.92. The lowest BCUT2D eigenvalue weighted by Gasteiger charge is -2.00. The maximum Gasteiger partial charge on any atom is 0.266 e. The fraction of sp³-hybridized carbons (Fsp3) is 0.0476. The number of para-hydroxylation sites is 1. The van der Waals surface area contributed by atoms with E-state index < -0.39 is 0 Å². The van der Waals surface area contributed by atoms with E-state index >= 15 is 0 Å². The smallest absolute Gasteiger partial charge is 0.266 e. The molecule has 0 N–H and O–H groups in total. The van der Waals surface area contributed by atoms with Crippen molar-refractivity contribution < 1.29 is 8.83 Å². The summed E-state index contributed by atoms with van der Waals surface area (Å²) in [4.78, 5) is 18.4. The van der Waals surface area contributed by atoms with Crippen molar-refractivity contribution in [2.45, 2.75) is 6.92 Å². The Labute approximate surface area is 177 Å². The predicted octanol–water partition coefficient (Wildman–Crippen LogP) is 5.33. The highest BCUT2D eigenvalue weighted by atomic mass is 35.5. The van der Waals surface area contributed by atoms with Gasteiger partial charge in [-0.3, -0.25) is 9.20 Å². The van der Waals surface area contributed by atoms with Crippen LogP contribution in [0.2, 0.25) is 5.02 Å². The van der Waals surface area contributed by atoms with E-state index in [4.69, 9.17) is 20.4 Å². The molecule has 0 aliphatic rings. The minimum absolute atomic E-state index is 0.0783. The number of thiazole rings is 1. The van der Waals surface area contributed by atoms with Crippen LogP contribution in [0.1, 0.15) is 5.69 Å². The van der Waals surface area contributed by atoms with Gasteiger partial charge in [-0.15, -0.1) is 10.2 Å². The molecule has 30 heavy (non-hydrogen) atoms. The zero-order chi connectivity index (χ0) is 20.4. The second kappa shape index (κ2) is 6.25. The van der Waals surface area contributed by atoms with Gasteiger partial charge in [0.1, 0.15) is 23.1 Å². The molecule has 0 fully saturated rings. The van der Waals surface area contributed by atoms with Crippen molar-refractivity contribution in [3.8, 4) is 23.0 Å². The van der Waals surface area contributed by atoms with Gasteiger partial charge >= 0.3 is 0 Å². The first-order valence-electron chi connectivity index (χ1n) is 9.02. The Bertz CT molecular complexity index is 1660. The van der Waals surface area contributed by atoms with E-state index in [1.165, 1.54) is 6.26 Å². The molecule has 0 bridgehead atoms. The fourth-order valence-corrected chi connectivity index (χ4v) is 4.79. The Morgan fingerprint density at radius 1 is 1.10 bits per heavy atom. The van der Waals surface area contributed by atoms with Crippen LogP contribution in [-0.4, -0.2) is 19.6 Å². The molecule has 9 heteroatoms. The van der Waals surface area contributed by atoms with Gasteiger partial charge in [-0.25, -0.2) is 4.98 Å². The Hall–Kier alpha value is -3.49. The molecule has 4 aromatic heterocycles. The number of rotatable bonds is 2. The van der Waals surface area contributed by atoms with Crippen molar-refractivity contribution in [2.75, 3.05) is 0 Å². The van der Waals surface area contributed by atoms with Gasteiger partial charge in [0.2, 0.25) is 5.43 Å². The number of aryl methyl sites for hydroxylation is 1. The van der Waals surface area contributed by atoms with Crippen LogP contribution in [0.3, 0.4) is 0 Å². The number of nitrogens with zero attached hydrogens (tertiary/aromatic N) is 4. The Kier molecular flexibility index (Phi) is 3.62. The van der Waals surface area contributed by atoms with Crippen molar-refractivity contribution in [3.05, 3.63) is 69.7 Å². The number of fused-ring (bicyclic) bond motifs is 4. The number of imidazole rings is 1. The summed E-state index contributed by atoms with van der Waals surface area (Å²) in [6.45, 7) is 1.89. The van der Waals surface area contributed by atoms with Crippen molar-refractivity contribution in [3.63, 3.8) is 0 Å². The maximum atomic E-state index is 12.9. The summed E-state index contributed by atoms with van der Waals surface area (Å²) in [5, 5.41) is 9.09.